The van der Waals surface area contributed by atoms with Crippen molar-refractivity contribution in [2.75, 3.05) is 19.6 Å². The van der Waals surface area contributed by atoms with Crippen LogP contribution in [-0.2, 0) is 0 Å². The lowest BCUT2D eigenvalue weighted by Crippen LogP contribution is -2.48. The Kier molecular flexibility index (Phi) is 7.13. The van der Waals surface area contributed by atoms with Crippen LogP contribution in [-0.4, -0.2) is 42.5 Å². The molecule has 1 aromatic carbocycles. The molecular formula is C22H33N3O2. The zero-order valence-electron chi connectivity index (χ0n) is 16.5. The van der Waals surface area contributed by atoms with Crippen molar-refractivity contribution < 1.29 is 9.59 Å². The van der Waals surface area contributed by atoms with Gasteiger partial charge in [-0.3, -0.25) is 4.79 Å². The molecule has 2 fully saturated rings. The summed E-state index contributed by atoms with van der Waals surface area (Å²) >= 11 is 0. The Labute approximate surface area is 162 Å². The van der Waals surface area contributed by atoms with Gasteiger partial charge in [-0.25, -0.2) is 4.79 Å². The highest BCUT2D eigenvalue weighted by molar-refractivity contribution is 5.94. The summed E-state index contributed by atoms with van der Waals surface area (Å²) in [6, 6.07) is 8.17. The van der Waals surface area contributed by atoms with Gasteiger partial charge in [0.05, 0.1) is 0 Å². The molecule has 1 heterocycles. The maximum Gasteiger partial charge on any atom is 0.317 e. The lowest BCUT2D eigenvalue weighted by molar-refractivity contribution is 0.0949. The average molecular weight is 372 g/mol. The molecule has 1 aliphatic carbocycles. The number of hydrogen-bond acceptors (Lipinski definition) is 2. The monoisotopic (exact) mass is 371 g/mol. The van der Waals surface area contributed by atoms with Crippen molar-refractivity contribution in [3.63, 3.8) is 0 Å². The molecule has 3 rings (SSSR count). The Hall–Kier alpha value is -2.04. The number of nitrogens with zero attached hydrogens (tertiary/aromatic N) is 1. The van der Waals surface area contributed by atoms with Crippen LogP contribution in [0.1, 0.15) is 67.3 Å². The SMILES string of the molecule is Cc1cccc(C(=O)NCCC2CCN(C(=O)NC3CCCCC3)CC2)c1. The molecule has 0 unspecified atom stereocenters. The van der Waals surface area contributed by atoms with E-state index in [1.165, 1.54) is 19.3 Å². The first-order valence-corrected chi connectivity index (χ1v) is 10.5. The van der Waals surface area contributed by atoms with Gasteiger partial charge >= 0.3 is 6.03 Å². The van der Waals surface area contributed by atoms with Gasteiger partial charge in [0.25, 0.3) is 5.91 Å². The molecule has 5 heteroatoms. The quantitative estimate of drug-likeness (QED) is 0.825. The molecule has 3 amide bonds. The minimum absolute atomic E-state index is 0.00277. The fraction of sp³-hybridized carbons (Fsp3) is 0.636. The Morgan fingerprint density at radius 2 is 1.81 bits per heavy atom. The van der Waals surface area contributed by atoms with Gasteiger partial charge in [0.1, 0.15) is 0 Å². The van der Waals surface area contributed by atoms with Gasteiger partial charge in [0.2, 0.25) is 0 Å². The Bertz CT molecular complexity index is 632. The molecule has 0 radical (unpaired) electrons. The number of rotatable bonds is 5. The van der Waals surface area contributed by atoms with Gasteiger partial charge in [-0.2, -0.15) is 0 Å². The first kappa shape index (κ1) is 19.7. The number of amides is 3. The Morgan fingerprint density at radius 1 is 1.07 bits per heavy atom. The number of aryl methyl sites for hydroxylation is 1. The molecule has 1 aliphatic heterocycles. The predicted molar refractivity (Wildman–Crippen MR) is 108 cm³/mol. The summed E-state index contributed by atoms with van der Waals surface area (Å²) in [6.07, 6.45) is 9.07. The van der Waals surface area contributed by atoms with Crippen LogP contribution in [0.2, 0.25) is 0 Å². The van der Waals surface area contributed by atoms with Crippen molar-refractivity contribution in [3.05, 3.63) is 35.4 Å². The number of hydrogen-bond donors (Lipinski definition) is 2. The van der Waals surface area contributed by atoms with Gasteiger partial charge in [-0.1, -0.05) is 37.0 Å². The van der Waals surface area contributed by atoms with Gasteiger partial charge in [-0.15, -0.1) is 0 Å². The molecule has 2 aliphatic rings. The second-order valence-electron chi connectivity index (χ2n) is 8.13. The predicted octanol–water partition coefficient (Wildman–Crippen LogP) is 3.87. The van der Waals surface area contributed by atoms with E-state index in [9.17, 15) is 9.59 Å². The van der Waals surface area contributed by atoms with Crippen molar-refractivity contribution in [3.8, 4) is 0 Å². The minimum Gasteiger partial charge on any atom is -0.352 e. The molecule has 5 nitrogen and oxygen atoms in total. The van der Waals surface area contributed by atoms with E-state index in [-0.39, 0.29) is 11.9 Å². The highest BCUT2D eigenvalue weighted by Crippen LogP contribution is 2.21. The highest BCUT2D eigenvalue weighted by Gasteiger charge is 2.24. The summed E-state index contributed by atoms with van der Waals surface area (Å²) in [6.45, 7) is 4.35. The van der Waals surface area contributed by atoms with Crippen molar-refractivity contribution in [2.24, 2.45) is 5.92 Å². The van der Waals surface area contributed by atoms with Gasteiger partial charge in [0.15, 0.2) is 0 Å². The normalized spacial score (nSPS) is 18.9. The summed E-state index contributed by atoms with van der Waals surface area (Å²) in [4.78, 5) is 26.6. The third-order valence-corrected chi connectivity index (χ3v) is 5.95. The van der Waals surface area contributed by atoms with E-state index in [4.69, 9.17) is 0 Å². The molecule has 0 spiro atoms. The third kappa shape index (κ3) is 5.98. The number of carbonyl (C=O) groups is 2. The van der Waals surface area contributed by atoms with Crippen LogP contribution in [0.4, 0.5) is 4.79 Å². The van der Waals surface area contributed by atoms with Crippen LogP contribution >= 0.6 is 0 Å². The minimum atomic E-state index is 0.00277. The van der Waals surface area contributed by atoms with Crippen LogP contribution in [0.25, 0.3) is 0 Å². The van der Waals surface area contributed by atoms with Crippen molar-refractivity contribution >= 4 is 11.9 Å². The molecule has 1 saturated carbocycles. The number of nitrogens with one attached hydrogen (secondary N) is 2. The third-order valence-electron chi connectivity index (χ3n) is 5.95. The number of piperidine rings is 1. The van der Waals surface area contributed by atoms with E-state index in [2.05, 4.69) is 10.6 Å². The van der Waals surface area contributed by atoms with Crippen molar-refractivity contribution in [1.29, 1.82) is 0 Å². The van der Waals surface area contributed by atoms with E-state index in [0.29, 0.717) is 18.5 Å². The van der Waals surface area contributed by atoms with Crippen LogP contribution < -0.4 is 10.6 Å². The first-order valence-electron chi connectivity index (χ1n) is 10.5. The Morgan fingerprint density at radius 3 is 2.52 bits per heavy atom. The Balaban J connectivity index is 1.33. The maximum absolute atomic E-state index is 12.4. The van der Waals surface area contributed by atoms with Crippen LogP contribution in [0.15, 0.2) is 24.3 Å². The van der Waals surface area contributed by atoms with Crippen LogP contribution in [0, 0.1) is 12.8 Å². The molecule has 0 bridgehead atoms. The maximum atomic E-state index is 12.4. The molecule has 0 atom stereocenters. The molecule has 0 aromatic heterocycles. The highest BCUT2D eigenvalue weighted by atomic mass is 16.2. The number of urea groups is 1. The number of benzene rings is 1. The number of carbonyl (C=O) groups excluding carboxylic acids is 2. The summed E-state index contributed by atoms with van der Waals surface area (Å²) in [5.41, 5.74) is 1.82. The summed E-state index contributed by atoms with van der Waals surface area (Å²) < 4.78 is 0. The molecular weight excluding hydrogens is 338 g/mol. The first-order chi connectivity index (χ1) is 13.1. The topological polar surface area (TPSA) is 61.4 Å². The van der Waals surface area contributed by atoms with E-state index in [0.717, 1.165) is 56.3 Å². The van der Waals surface area contributed by atoms with E-state index < -0.39 is 0 Å². The summed E-state index contributed by atoms with van der Waals surface area (Å²) in [5, 5.41) is 6.24. The molecule has 148 valence electrons. The smallest absolute Gasteiger partial charge is 0.317 e. The number of likely N-dealkylation sites (tertiary alicyclic amines) is 1. The molecule has 2 N–H and O–H groups in total. The van der Waals surface area contributed by atoms with E-state index in [1.54, 1.807) is 0 Å². The molecule has 1 saturated heterocycles. The second-order valence-corrected chi connectivity index (χ2v) is 8.13. The molecule has 1 aromatic rings. The van der Waals surface area contributed by atoms with Gasteiger partial charge in [-0.05, 0) is 57.1 Å². The fourth-order valence-electron chi connectivity index (χ4n) is 4.22. The summed E-state index contributed by atoms with van der Waals surface area (Å²) in [7, 11) is 0. The van der Waals surface area contributed by atoms with E-state index >= 15 is 0 Å². The lowest BCUT2D eigenvalue weighted by atomic mass is 9.93. The standard InChI is InChI=1S/C22H33N3O2/c1-17-6-5-7-19(16-17)21(26)23-13-10-18-11-14-25(15-12-18)22(27)24-20-8-3-2-4-9-20/h5-7,16,18,20H,2-4,8-15H2,1H3,(H,23,26)(H,24,27). The van der Waals surface area contributed by atoms with Crippen LogP contribution in [0.3, 0.4) is 0 Å². The fourth-order valence-corrected chi connectivity index (χ4v) is 4.22. The second kappa shape index (κ2) is 9.77. The summed E-state index contributed by atoms with van der Waals surface area (Å²) in [5.74, 6) is 0.588. The lowest BCUT2D eigenvalue weighted by Gasteiger charge is -2.34. The largest absolute Gasteiger partial charge is 0.352 e. The zero-order chi connectivity index (χ0) is 19.1. The van der Waals surface area contributed by atoms with Crippen molar-refractivity contribution in [2.45, 2.75) is 64.3 Å². The zero-order valence-corrected chi connectivity index (χ0v) is 16.5. The van der Waals surface area contributed by atoms with Gasteiger partial charge < -0.3 is 15.5 Å². The molecule has 27 heavy (non-hydrogen) atoms. The van der Waals surface area contributed by atoms with Crippen molar-refractivity contribution in [1.82, 2.24) is 15.5 Å². The average Bonchev–Trinajstić information content (AvgIpc) is 2.69. The van der Waals surface area contributed by atoms with Crippen LogP contribution in [0.5, 0.6) is 0 Å². The van der Waals surface area contributed by atoms with E-state index in [1.807, 2.05) is 36.1 Å². The van der Waals surface area contributed by atoms with Gasteiger partial charge in [0, 0.05) is 31.2 Å².